The second-order valence-corrected chi connectivity index (χ2v) is 7.62. The third-order valence-corrected chi connectivity index (χ3v) is 5.68. The first-order valence-electron chi connectivity index (χ1n) is 10.3. The van der Waals surface area contributed by atoms with E-state index in [9.17, 15) is 14.4 Å². The molecule has 0 atom stereocenters. The molecule has 0 saturated carbocycles. The van der Waals surface area contributed by atoms with Crippen LogP contribution in [-0.2, 0) is 16.0 Å². The maximum absolute atomic E-state index is 13.0. The monoisotopic (exact) mass is 427 g/mol. The molecule has 1 aromatic heterocycles. The highest BCUT2D eigenvalue weighted by atomic mass is 16.5. The molecule has 0 spiro atoms. The average molecular weight is 428 g/mol. The molecule has 0 radical (unpaired) electrons. The molecule has 31 heavy (non-hydrogen) atoms. The molecule has 1 saturated heterocycles. The number of Topliss-reactive ketones (excluding diaryl/α,β-unsaturated/α-hetero) is 1. The van der Waals surface area contributed by atoms with E-state index in [2.05, 4.69) is 9.88 Å². The molecule has 2 heterocycles. The van der Waals surface area contributed by atoms with Gasteiger partial charge in [-0.15, -0.1) is 0 Å². The molecular weight excluding hydrogens is 398 g/mol. The molecule has 8 nitrogen and oxygen atoms in total. The first-order valence-corrected chi connectivity index (χ1v) is 10.3. The van der Waals surface area contributed by atoms with Crippen molar-refractivity contribution in [1.82, 2.24) is 9.88 Å². The molecule has 3 rings (SSSR count). The topological polar surface area (TPSA) is 91.9 Å². The van der Waals surface area contributed by atoms with Crippen molar-refractivity contribution in [2.24, 2.45) is 0 Å². The van der Waals surface area contributed by atoms with Crippen molar-refractivity contribution >= 4 is 23.3 Å². The number of rotatable bonds is 6. The molecule has 1 aromatic carbocycles. The standard InChI is InChI=1S/C23H29N3O5/c1-15-21(23(29)31-4)19(24-22(15)16(2)27)14-20(28)26-11-5-10-25(12-13-26)17-6-8-18(30-3)9-7-17/h6-9,24H,5,10-14H2,1-4H3. The fraction of sp³-hybridized carbons (Fsp3) is 0.435. The lowest BCUT2D eigenvalue weighted by molar-refractivity contribution is -0.130. The Hall–Kier alpha value is -3.29. The number of carbonyl (C=O) groups excluding carboxylic acids is 3. The third kappa shape index (κ3) is 4.90. The van der Waals surface area contributed by atoms with Gasteiger partial charge in [-0.25, -0.2) is 4.79 Å². The fourth-order valence-corrected chi connectivity index (χ4v) is 4.00. The Balaban J connectivity index is 1.72. The van der Waals surface area contributed by atoms with E-state index in [1.165, 1.54) is 14.0 Å². The van der Waals surface area contributed by atoms with E-state index in [0.717, 1.165) is 24.4 Å². The molecule has 1 aliphatic heterocycles. The first-order chi connectivity index (χ1) is 14.8. The molecule has 1 N–H and O–H groups in total. The number of hydrogen-bond acceptors (Lipinski definition) is 6. The molecule has 0 aliphatic carbocycles. The van der Waals surface area contributed by atoms with Gasteiger partial charge in [0.15, 0.2) is 5.78 Å². The number of nitrogens with one attached hydrogen (secondary N) is 1. The summed E-state index contributed by atoms with van der Waals surface area (Å²) in [7, 11) is 2.93. The smallest absolute Gasteiger partial charge is 0.339 e. The van der Waals surface area contributed by atoms with Gasteiger partial charge in [0.2, 0.25) is 5.91 Å². The second-order valence-electron chi connectivity index (χ2n) is 7.62. The maximum Gasteiger partial charge on any atom is 0.339 e. The van der Waals surface area contributed by atoms with Crippen LogP contribution in [0.4, 0.5) is 5.69 Å². The number of nitrogens with zero attached hydrogens (tertiary/aromatic N) is 2. The van der Waals surface area contributed by atoms with E-state index < -0.39 is 5.97 Å². The summed E-state index contributed by atoms with van der Waals surface area (Å²) < 4.78 is 10.1. The van der Waals surface area contributed by atoms with Crippen molar-refractivity contribution in [2.45, 2.75) is 26.7 Å². The summed E-state index contributed by atoms with van der Waals surface area (Å²) >= 11 is 0. The Labute approximate surface area is 182 Å². The highest BCUT2D eigenvalue weighted by Crippen LogP contribution is 2.23. The molecule has 8 heteroatoms. The van der Waals surface area contributed by atoms with Gasteiger partial charge in [-0.05, 0) is 43.2 Å². The maximum atomic E-state index is 13.0. The van der Waals surface area contributed by atoms with Crippen LogP contribution in [-0.4, -0.2) is 67.9 Å². The van der Waals surface area contributed by atoms with Crippen LogP contribution in [0.3, 0.4) is 0 Å². The molecule has 166 valence electrons. The first kappa shape index (κ1) is 22.4. The Morgan fingerprint density at radius 1 is 1.03 bits per heavy atom. The van der Waals surface area contributed by atoms with Gasteiger partial charge in [0.25, 0.3) is 0 Å². The minimum absolute atomic E-state index is 0.0150. The zero-order valence-electron chi connectivity index (χ0n) is 18.5. The summed E-state index contributed by atoms with van der Waals surface area (Å²) in [5.74, 6) is -0.0158. The minimum Gasteiger partial charge on any atom is -0.497 e. The van der Waals surface area contributed by atoms with Crippen LogP contribution in [0.15, 0.2) is 24.3 Å². The quantitative estimate of drug-likeness (QED) is 0.563. The van der Waals surface area contributed by atoms with Crippen LogP contribution in [0.5, 0.6) is 5.75 Å². The Kier molecular flexibility index (Phi) is 6.99. The molecule has 2 aromatic rings. The van der Waals surface area contributed by atoms with Crippen LogP contribution in [0.1, 0.15) is 45.4 Å². The van der Waals surface area contributed by atoms with Crippen molar-refractivity contribution in [3.8, 4) is 5.75 Å². The molecular formula is C23H29N3O5. The highest BCUT2D eigenvalue weighted by Gasteiger charge is 2.26. The van der Waals surface area contributed by atoms with E-state index >= 15 is 0 Å². The summed E-state index contributed by atoms with van der Waals surface area (Å²) in [6, 6.07) is 7.89. The number of methoxy groups -OCH3 is 2. The zero-order valence-corrected chi connectivity index (χ0v) is 18.5. The Morgan fingerprint density at radius 2 is 1.74 bits per heavy atom. The summed E-state index contributed by atoms with van der Waals surface area (Å²) in [5, 5.41) is 0. The summed E-state index contributed by atoms with van der Waals surface area (Å²) in [6.07, 6.45) is 0.852. The number of carbonyl (C=O) groups is 3. The molecule has 0 unspecified atom stereocenters. The number of esters is 1. The number of ether oxygens (including phenoxy) is 2. The van der Waals surface area contributed by atoms with Gasteiger partial charge in [-0.2, -0.15) is 0 Å². The minimum atomic E-state index is -0.550. The third-order valence-electron chi connectivity index (χ3n) is 5.68. The van der Waals surface area contributed by atoms with Crippen LogP contribution in [0.25, 0.3) is 0 Å². The van der Waals surface area contributed by atoms with Gasteiger partial charge < -0.3 is 24.3 Å². The van der Waals surface area contributed by atoms with E-state index in [1.54, 1.807) is 14.0 Å². The van der Waals surface area contributed by atoms with Crippen LogP contribution in [0.2, 0.25) is 0 Å². The number of H-pyrrole nitrogens is 1. The van der Waals surface area contributed by atoms with Gasteiger partial charge in [0.1, 0.15) is 5.75 Å². The average Bonchev–Trinajstić information content (AvgIpc) is 2.93. The molecule has 1 aliphatic rings. The predicted molar refractivity (Wildman–Crippen MR) is 117 cm³/mol. The predicted octanol–water partition coefficient (Wildman–Crippen LogP) is 2.60. The Bertz CT molecular complexity index is 964. The molecule has 1 amide bonds. The summed E-state index contributed by atoms with van der Waals surface area (Å²) in [6.45, 7) is 5.89. The van der Waals surface area contributed by atoms with Crippen molar-refractivity contribution in [3.63, 3.8) is 0 Å². The van der Waals surface area contributed by atoms with Crippen molar-refractivity contribution in [1.29, 1.82) is 0 Å². The van der Waals surface area contributed by atoms with E-state index in [1.807, 2.05) is 29.2 Å². The number of aromatic amines is 1. The number of anilines is 1. The molecule has 0 bridgehead atoms. The lowest BCUT2D eigenvalue weighted by atomic mass is 10.1. The number of benzene rings is 1. The second kappa shape index (κ2) is 9.68. The van der Waals surface area contributed by atoms with Gasteiger partial charge >= 0.3 is 5.97 Å². The van der Waals surface area contributed by atoms with Gasteiger partial charge in [0, 0.05) is 44.5 Å². The van der Waals surface area contributed by atoms with E-state index in [0.29, 0.717) is 36.6 Å². The van der Waals surface area contributed by atoms with Gasteiger partial charge in [-0.1, -0.05) is 0 Å². The van der Waals surface area contributed by atoms with Crippen LogP contribution < -0.4 is 9.64 Å². The SMILES string of the molecule is COC(=O)c1c(CC(=O)N2CCCN(c3ccc(OC)cc3)CC2)[nH]c(C(C)=O)c1C. The summed E-state index contributed by atoms with van der Waals surface area (Å²) in [5.41, 5.74) is 2.65. The van der Waals surface area contributed by atoms with Gasteiger partial charge in [0.05, 0.1) is 31.9 Å². The normalized spacial score (nSPS) is 14.2. The highest BCUT2D eigenvalue weighted by molar-refractivity contribution is 6.01. The number of aromatic nitrogens is 1. The van der Waals surface area contributed by atoms with Crippen molar-refractivity contribution < 1.29 is 23.9 Å². The number of hydrogen-bond donors (Lipinski definition) is 1. The Morgan fingerprint density at radius 3 is 2.35 bits per heavy atom. The fourth-order valence-electron chi connectivity index (χ4n) is 4.00. The lowest BCUT2D eigenvalue weighted by Gasteiger charge is -2.24. The van der Waals surface area contributed by atoms with Crippen molar-refractivity contribution in [2.75, 3.05) is 45.3 Å². The van der Waals surface area contributed by atoms with E-state index in [-0.39, 0.29) is 23.7 Å². The summed E-state index contributed by atoms with van der Waals surface area (Å²) in [4.78, 5) is 44.2. The van der Waals surface area contributed by atoms with Gasteiger partial charge in [-0.3, -0.25) is 9.59 Å². The number of ketones is 1. The lowest BCUT2D eigenvalue weighted by Crippen LogP contribution is -2.36. The number of amides is 1. The van der Waals surface area contributed by atoms with Crippen LogP contribution >= 0.6 is 0 Å². The largest absolute Gasteiger partial charge is 0.497 e. The van der Waals surface area contributed by atoms with Crippen LogP contribution in [0, 0.1) is 6.92 Å². The van der Waals surface area contributed by atoms with Crippen molar-refractivity contribution in [3.05, 3.63) is 46.8 Å². The van der Waals surface area contributed by atoms with E-state index in [4.69, 9.17) is 9.47 Å². The molecule has 1 fully saturated rings. The zero-order chi connectivity index (χ0) is 22.5.